The number of ketones is 1. The highest BCUT2D eigenvalue weighted by Crippen LogP contribution is 2.44. The number of amides is 1. The van der Waals surface area contributed by atoms with Crippen LogP contribution in [0.5, 0.6) is 11.5 Å². The molecule has 0 bridgehead atoms. The molecule has 4 aromatic rings. The van der Waals surface area contributed by atoms with Crippen molar-refractivity contribution in [3.63, 3.8) is 0 Å². The first-order valence-corrected chi connectivity index (χ1v) is 13.0. The molecular weight excluding hydrogens is 500 g/mol. The molecule has 7 nitrogen and oxygen atoms in total. The summed E-state index contributed by atoms with van der Waals surface area (Å²) < 4.78 is 12.0. The lowest BCUT2D eigenvalue weighted by molar-refractivity contribution is -0.132. The Hall–Kier alpha value is -4.43. The molecule has 1 aliphatic rings. The van der Waals surface area contributed by atoms with Crippen LogP contribution in [0.15, 0.2) is 85.0 Å². The highest BCUT2D eigenvalue weighted by molar-refractivity contribution is 7.22. The number of aliphatic hydroxyl groups is 1. The van der Waals surface area contributed by atoms with Crippen LogP contribution in [-0.4, -0.2) is 35.0 Å². The van der Waals surface area contributed by atoms with Gasteiger partial charge in [0, 0.05) is 5.56 Å². The average molecular weight is 527 g/mol. The van der Waals surface area contributed by atoms with E-state index in [0.29, 0.717) is 41.0 Å². The molecule has 5 rings (SSSR count). The first kappa shape index (κ1) is 25.2. The number of anilines is 1. The van der Waals surface area contributed by atoms with Crippen LogP contribution in [0.4, 0.5) is 5.13 Å². The van der Waals surface area contributed by atoms with E-state index in [2.05, 4.69) is 11.6 Å². The second-order valence-corrected chi connectivity index (χ2v) is 9.77. The molecule has 3 aromatic carbocycles. The lowest BCUT2D eigenvalue weighted by Crippen LogP contribution is -2.29. The molecule has 1 aliphatic heterocycles. The van der Waals surface area contributed by atoms with Crippen LogP contribution >= 0.6 is 11.3 Å². The summed E-state index contributed by atoms with van der Waals surface area (Å²) in [6.45, 7) is 8.38. The maximum atomic E-state index is 13.5. The van der Waals surface area contributed by atoms with E-state index < -0.39 is 17.7 Å². The molecule has 0 radical (unpaired) electrons. The van der Waals surface area contributed by atoms with Crippen molar-refractivity contribution in [3.05, 3.63) is 102 Å². The Labute approximate surface area is 224 Å². The Bertz CT molecular complexity index is 1550. The zero-order valence-corrected chi connectivity index (χ0v) is 21.8. The van der Waals surface area contributed by atoms with Crippen LogP contribution in [-0.2, 0) is 9.59 Å². The maximum absolute atomic E-state index is 13.5. The van der Waals surface area contributed by atoms with Gasteiger partial charge < -0.3 is 14.6 Å². The summed E-state index contributed by atoms with van der Waals surface area (Å²) in [5.41, 5.74) is 2.84. The molecule has 1 unspecified atom stereocenters. The third-order valence-corrected chi connectivity index (χ3v) is 7.20. The van der Waals surface area contributed by atoms with Gasteiger partial charge in [-0.15, -0.1) is 0 Å². The summed E-state index contributed by atoms with van der Waals surface area (Å²) in [4.78, 5) is 33.0. The SMILES string of the molecule is C=CCOc1ccc(C2/C(=C(\O)c3ccc(OCC)cc3)C(=O)C(=O)N2c2nc3ccc(C)cc3s2)cc1. The number of Topliss-reactive ketones (excluding diaryl/α,β-unsaturated/α-hetero) is 1. The van der Waals surface area contributed by atoms with E-state index in [1.165, 1.54) is 16.2 Å². The van der Waals surface area contributed by atoms with Gasteiger partial charge in [0.25, 0.3) is 5.78 Å². The molecule has 1 amide bonds. The van der Waals surface area contributed by atoms with Crippen molar-refractivity contribution < 1.29 is 24.2 Å². The van der Waals surface area contributed by atoms with Gasteiger partial charge in [0.15, 0.2) is 5.13 Å². The van der Waals surface area contributed by atoms with Gasteiger partial charge >= 0.3 is 5.91 Å². The molecule has 0 aliphatic carbocycles. The molecule has 38 heavy (non-hydrogen) atoms. The largest absolute Gasteiger partial charge is 0.507 e. The highest BCUT2D eigenvalue weighted by Gasteiger charge is 2.48. The van der Waals surface area contributed by atoms with Gasteiger partial charge in [-0.1, -0.05) is 42.2 Å². The van der Waals surface area contributed by atoms with E-state index in [0.717, 1.165) is 15.8 Å². The summed E-state index contributed by atoms with van der Waals surface area (Å²) in [6, 6.07) is 18.8. The third-order valence-electron chi connectivity index (χ3n) is 6.19. The highest BCUT2D eigenvalue weighted by atomic mass is 32.1. The van der Waals surface area contributed by atoms with Crippen LogP contribution in [0.1, 0.15) is 29.7 Å². The number of carbonyl (C=O) groups is 2. The van der Waals surface area contributed by atoms with Crippen molar-refractivity contribution in [2.24, 2.45) is 0 Å². The van der Waals surface area contributed by atoms with E-state index in [1.807, 2.05) is 32.0 Å². The van der Waals surface area contributed by atoms with Crippen molar-refractivity contribution in [2.45, 2.75) is 19.9 Å². The number of nitrogens with zero attached hydrogens (tertiary/aromatic N) is 2. The van der Waals surface area contributed by atoms with Gasteiger partial charge in [-0.05, 0) is 73.5 Å². The van der Waals surface area contributed by atoms with Crippen LogP contribution in [0.3, 0.4) is 0 Å². The standard InChI is InChI=1S/C30H26N2O5S/c1-4-16-37-22-11-7-19(8-12-22)26-25(27(33)20-9-13-21(14-10-20)36-5-2)28(34)29(35)32(26)30-31-23-15-6-18(3)17-24(23)38-30/h4,6-15,17,26,33H,1,5,16H2,2-3H3/b27-25+. The minimum Gasteiger partial charge on any atom is -0.507 e. The summed E-state index contributed by atoms with van der Waals surface area (Å²) in [6.07, 6.45) is 1.65. The first-order valence-electron chi connectivity index (χ1n) is 12.2. The zero-order valence-electron chi connectivity index (χ0n) is 21.0. The van der Waals surface area contributed by atoms with Crippen molar-refractivity contribution >= 4 is 44.1 Å². The van der Waals surface area contributed by atoms with Crippen LogP contribution in [0.25, 0.3) is 16.0 Å². The Kier molecular flexibility index (Phi) is 6.98. The second kappa shape index (κ2) is 10.5. The zero-order chi connectivity index (χ0) is 26.8. The molecular formula is C30H26N2O5S. The molecule has 0 saturated carbocycles. The summed E-state index contributed by atoms with van der Waals surface area (Å²) in [5, 5.41) is 11.7. The number of ether oxygens (including phenoxy) is 2. The van der Waals surface area contributed by atoms with Crippen LogP contribution in [0, 0.1) is 6.92 Å². The first-order chi connectivity index (χ1) is 18.4. The molecule has 1 N–H and O–H groups in total. The van der Waals surface area contributed by atoms with Gasteiger partial charge in [0.1, 0.15) is 23.9 Å². The quantitative estimate of drug-likeness (QED) is 0.127. The number of fused-ring (bicyclic) bond motifs is 1. The fourth-order valence-corrected chi connectivity index (χ4v) is 5.49. The number of aromatic nitrogens is 1. The van der Waals surface area contributed by atoms with E-state index in [-0.39, 0.29) is 11.3 Å². The minimum atomic E-state index is -0.878. The van der Waals surface area contributed by atoms with E-state index in [1.54, 1.807) is 54.6 Å². The number of hydrogen-bond donors (Lipinski definition) is 1. The van der Waals surface area contributed by atoms with Crippen molar-refractivity contribution in [1.29, 1.82) is 0 Å². The van der Waals surface area contributed by atoms with Gasteiger partial charge in [0.05, 0.1) is 28.4 Å². The number of aliphatic hydroxyl groups excluding tert-OH is 1. The monoisotopic (exact) mass is 526 g/mol. The van der Waals surface area contributed by atoms with Gasteiger partial charge in [-0.25, -0.2) is 4.98 Å². The van der Waals surface area contributed by atoms with Crippen molar-refractivity contribution in [3.8, 4) is 11.5 Å². The topological polar surface area (TPSA) is 89.0 Å². The van der Waals surface area contributed by atoms with Gasteiger partial charge in [-0.3, -0.25) is 14.5 Å². The number of carbonyl (C=O) groups excluding carboxylic acids is 2. The average Bonchev–Trinajstić information content (AvgIpc) is 3.45. The second-order valence-electron chi connectivity index (χ2n) is 8.76. The maximum Gasteiger partial charge on any atom is 0.301 e. The van der Waals surface area contributed by atoms with Crippen LogP contribution in [0.2, 0.25) is 0 Å². The summed E-state index contributed by atoms with van der Waals surface area (Å²) in [7, 11) is 0. The molecule has 192 valence electrons. The Balaban J connectivity index is 1.65. The third kappa shape index (κ3) is 4.66. The predicted molar refractivity (Wildman–Crippen MR) is 149 cm³/mol. The van der Waals surface area contributed by atoms with E-state index in [4.69, 9.17) is 9.47 Å². The Morgan fingerprint density at radius 1 is 1.05 bits per heavy atom. The number of thiazole rings is 1. The molecule has 1 aromatic heterocycles. The van der Waals surface area contributed by atoms with E-state index >= 15 is 0 Å². The molecule has 1 fully saturated rings. The minimum absolute atomic E-state index is 0.00523. The van der Waals surface area contributed by atoms with Crippen LogP contribution < -0.4 is 14.4 Å². The fraction of sp³-hybridized carbons (Fsp3) is 0.167. The number of benzene rings is 3. The van der Waals surface area contributed by atoms with Gasteiger partial charge in [-0.2, -0.15) is 0 Å². The van der Waals surface area contributed by atoms with Gasteiger partial charge in [0.2, 0.25) is 0 Å². The molecule has 1 saturated heterocycles. The lowest BCUT2D eigenvalue weighted by Gasteiger charge is -2.23. The summed E-state index contributed by atoms with van der Waals surface area (Å²) in [5.74, 6) is -0.523. The molecule has 1 atom stereocenters. The molecule has 2 heterocycles. The Morgan fingerprint density at radius 2 is 1.74 bits per heavy atom. The molecule has 0 spiro atoms. The normalized spacial score (nSPS) is 16.7. The predicted octanol–water partition coefficient (Wildman–Crippen LogP) is 6.19. The van der Waals surface area contributed by atoms with Crippen molar-refractivity contribution in [2.75, 3.05) is 18.1 Å². The Morgan fingerprint density at radius 3 is 2.42 bits per heavy atom. The van der Waals surface area contributed by atoms with Crippen molar-refractivity contribution in [1.82, 2.24) is 4.98 Å². The lowest BCUT2D eigenvalue weighted by atomic mass is 9.95. The summed E-state index contributed by atoms with van der Waals surface area (Å²) >= 11 is 1.33. The smallest absolute Gasteiger partial charge is 0.301 e. The number of aryl methyl sites for hydroxylation is 1. The fourth-order valence-electron chi connectivity index (χ4n) is 4.40. The van der Waals surface area contributed by atoms with E-state index in [9.17, 15) is 14.7 Å². The number of hydrogen-bond acceptors (Lipinski definition) is 7. The number of rotatable bonds is 8. The molecule has 8 heteroatoms.